The van der Waals surface area contributed by atoms with Crippen molar-refractivity contribution in [2.24, 2.45) is 0 Å². The molecule has 4 nitrogen and oxygen atoms in total. The number of carboxylic acids is 1. The van der Waals surface area contributed by atoms with Crippen molar-refractivity contribution in [3.05, 3.63) is 47.4 Å². The number of hydrogen-bond acceptors (Lipinski definition) is 4. The molecule has 0 bridgehead atoms. The summed E-state index contributed by atoms with van der Waals surface area (Å²) in [5, 5.41) is 9.67. The van der Waals surface area contributed by atoms with Crippen LogP contribution < -0.4 is 0 Å². The predicted molar refractivity (Wildman–Crippen MR) is 69.0 cm³/mol. The van der Waals surface area contributed by atoms with E-state index in [0.717, 1.165) is 21.4 Å². The highest BCUT2D eigenvalue weighted by atomic mass is 32.2. The largest absolute Gasteiger partial charge is 0.478 e. The lowest BCUT2D eigenvalue weighted by Crippen LogP contribution is -1.95. The molecule has 0 amide bonds. The van der Waals surface area contributed by atoms with Crippen LogP contribution in [0.15, 0.2) is 40.3 Å². The molecule has 0 unspecified atom stereocenters. The zero-order chi connectivity index (χ0) is 13.1. The van der Waals surface area contributed by atoms with Crippen LogP contribution in [0.3, 0.4) is 0 Å². The van der Waals surface area contributed by atoms with Gasteiger partial charge in [0, 0.05) is 10.6 Å². The van der Waals surface area contributed by atoms with Gasteiger partial charge in [0.05, 0.1) is 5.56 Å². The molecule has 2 aromatic rings. The number of aromatic carboxylic acids is 1. The highest BCUT2D eigenvalue weighted by molar-refractivity contribution is 7.99. The lowest BCUT2D eigenvalue weighted by molar-refractivity contribution is 0.0697. The van der Waals surface area contributed by atoms with E-state index in [-0.39, 0.29) is 5.56 Å². The van der Waals surface area contributed by atoms with E-state index in [1.807, 2.05) is 19.9 Å². The number of carboxylic acid groups (broad SMARTS) is 1. The summed E-state index contributed by atoms with van der Waals surface area (Å²) < 4.78 is 0. The van der Waals surface area contributed by atoms with Gasteiger partial charge < -0.3 is 5.11 Å². The first-order valence-electron chi connectivity index (χ1n) is 5.38. The second-order valence-electron chi connectivity index (χ2n) is 3.83. The molecule has 1 heterocycles. The molecule has 0 aliphatic heterocycles. The van der Waals surface area contributed by atoms with E-state index < -0.39 is 5.97 Å². The maximum absolute atomic E-state index is 10.7. The number of nitrogens with zero attached hydrogens (tertiary/aromatic N) is 2. The van der Waals surface area contributed by atoms with Gasteiger partial charge in [-0.25, -0.2) is 14.8 Å². The van der Waals surface area contributed by atoms with E-state index in [0.29, 0.717) is 0 Å². The molecule has 1 aromatic carbocycles. The van der Waals surface area contributed by atoms with Crippen molar-refractivity contribution in [3.8, 4) is 0 Å². The molecular weight excluding hydrogens is 248 g/mol. The Balaban J connectivity index is 2.20. The zero-order valence-corrected chi connectivity index (χ0v) is 10.9. The summed E-state index contributed by atoms with van der Waals surface area (Å²) in [7, 11) is 0. The first-order chi connectivity index (χ1) is 8.54. The SMILES string of the molecule is Cc1cc(Sc2ccc(C(=O)O)cc2)nc(C)n1. The smallest absolute Gasteiger partial charge is 0.335 e. The van der Waals surface area contributed by atoms with Gasteiger partial charge in [0.1, 0.15) is 10.9 Å². The highest BCUT2D eigenvalue weighted by Gasteiger charge is 2.04. The molecule has 0 saturated heterocycles. The molecule has 0 radical (unpaired) electrons. The van der Waals surface area contributed by atoms with Crippen molar-refractivity contribution >= 4 is 17.7 Å². The monoisotopic (exact) mass is 260 g/mol. The summed E-state index contributed by atoms with van der Waals surface area (Å²) in [6, 6.07) is 8.64. The minimum Gasteiger partial charge on any atom is -0.478 e. The molecule has 2 rings (SSSR count). The quantitative estimate of drug-likeness (QED) is 0.860. The summed E-state index contributed by atoms with van der Waals surface area (Å²) in [5.74, 6) is -0.181. The van der Waals surface area contributed by atoms with Crippen LogP contribution in [0.4, 0.5) is 0 Å². The number of hydrogen-bond donors (Lipinski definition) is 1. The third kappa shape index (κ3) is 3.07. The van der Waals surface area contributed by atoms with Gasteiger partial charge in [-0.2, -0.15) is 0 Å². The Bertz CT molecular complexity index is 562. The van der Waals surface area contributed by atoms with Gasteiger partial charge in [0.25, 0.3) is 0 Å². The lowest BCUT2D eigenvalue weighted by atomic mass is 10.2. The number of aryl methyl sites for hydroxylation is 2. The Morgan fingerprint density at radius 2 is 1.83 bits per heavy atom. The normalized spacial score (nSPS) is 10.3. The lowest BCUT2D eigenvalue weighted by Gasteiger charge is -2.03. The first-order valence-corrected chi connectivity index (χ1v) is 6.20. The van der Waals surface area contributed by atoms with Crippen LogP contribution >= 0.6 is 11.8 Å². The van der Waals surface area contributed by atoms with E-state index >= 15 is 0 Å². The molecule has 5 heteroatoms. The fourth-order valence-corrected chi connectivity index (χ4v) is 2.44. The van der Waals surface area contributed by atoms with Crippen LogP contribution in [0.5, 0.6) is 0 Å². The number of carbonyl (C=O) groups is 1. The minimum absolute atomic E-state index is 0.286. The average Bonchev–Trinajstić information content (AvgIpc) is 2.28. The van der Waals surface area contributed by atoms with Crippen molar-refractivity contribution in [2.75, 3.05) is 0 Å². The van der Waals surface area contributed by atoms with Crippen LogP contribution in [0.25, 0.3) is 0 Å². The van der Waals surface area contributed by atoms with Gasteiger partial charge in [-0.05, 0) is 44.2 Å². The number of rotatable bonds is 3. The fraction of sp³-hybridized carbons (Fsp3) is 0.154. The van der Waals surface area contributed by atoms with Gasteiger partial charge >= 0.3 is 5.97 Å². The van der Waals surface area contributed by atoms with E-state index in [9.17, 15) is 4.79 Å². The summed E-state index contributed by atoms with van der Waals surface area (Å²) in [6.45, 7) is 3.77. The van der Waals surface area contributed by atoms with Crippen molar-refractivity contribution in [2.45, 2.75) is 23.8 Å². The molecule has 1 aromatic heterocycles. The van der Waals surface area contributed by atoms with E-state index in [2.05, 4.69) is 9.97 Å². The molecular formula is C13H12N2O2S. The number of benzene rings is 1. The van der Waals surface area contributed by atoms with Crippen LogP contribution in [0, 0.1) is 13.8 Å². The second-order valence-corrected chi connectivity index (χ2v) is 4.92. The summed E-state index contributed by atoms with van der Waals surface area (Å²) in [4.78, 5) is 20.2. The van der Waals surface area contributed by atoms with E-state index in [1.54, 1.807) is 24.3 Å². The Morgan fingerprint density at radius 3 is 2.39 bits per heavy atom. The second kappa shape index (κ2) is 5.18. The molecule has 0 aliphatic rings. The van der Waals surface area contributed by atoms with Gasteiger partial charge in [-0.3, -0.25) is 0 Å². The van der Waals surface area contributed by atoms with Crippen molar-refractivity contribution in [1.29, 1.82) is 0 Å². The maximum Gasteiger partial charge on any atom is 0.335 e. The molecule has 0 atom stereocenters. The van der Waals surface area contributed by atoms with E-state index in [1.165, 1.54) is 11.8 Å². The highest BCUT2D eigenvalue weighted by Crippen LogP contribution is 2.26. The zero-order valence-electron chi connectivity index (χ0n) is 10.0. The number of aromatic nitrogens is 2. The fourth-order valence-electron chi connectivity index (χ4n) is 1.52. The maximum atomic E-state index is 10.7. The molecule has 1 N–H and O–H groups in total. The van der Waals surface area contributed by atoms with Crippen LogP contribution in [0.1, 0.15) is 21.9 Å². The van der Waals surface area contributed by atoms with Gasteiger partial charge in [0.15, 0.2) is 0 Å². The van der Waals surface area contributed by atoms with Crippen molar-refractivity contribution < 1.29 is 9.90 Å². The van der Waals surface area contributed by atoms with Gasteiger partial charge in [0.2, 0.25) is 0 Å². The molecule has 0 saturated carbocycles. The summed E-state index contributed by atoms with van der Waals surface area (Å²) >= 11 is 1.49. The van der Waals surface area contributed by atoms with E-state index in [4.69, 9.17) is 5.11 Å². The first kappa shape index (κ1) is 12.6. The standard InChI is InChI=1S/C13H12N2O2S/c1-8-7-12(15-9(2)14-8)18-11-5-3-10(4-6-11)13(16)17/h3-7H,1-2H3,(H,16,17). The Kier molecular flexibility index (Phi) is 3.62. The third-order valence-electron chi connectivity index (χ3n) is 2.27. The van der Waals surface area contributed by atoms with Gasteiger partial charge in [-0.15, -0.1) is 0 Å². The summed E-state index contributed by atoms with van der Waals surface area (Å²) in [5.41, 5.74) is 1.21. The molecule has 0 fully saturated rings. The minimum atomic E-state index is -0.916. The summed E-state index contributed by atoms with van der Waals surface area (Å²) in [6.07, 6.45) is 0. The Hall–Kier alpha value is -1.88. The van der Waals surface area contributed by atoms with Crippen LogP contribution in [-0.2, 0) is 0 Å². The Labute approximate surface area is 109 Å². The molecule has 0 spiro atoms. The van der Waals surface area contributed by atoms with Crippen molar-refractivity contribution in [1.82, 2.24) is 9.97 Å². The van der Waals surface area contributed by atoms with Crippen molar-refractivity contribution in [3.63, 3.8) is 0 Å². The Morgan fingerprint density at radius 1 is 1.17 bits per heavy atom. The predicted octanol–water partition coefficient (Wildman–Crippen LogP) is 2.94. The average molecular weight is 260 g/mol. The van der Waals surface area contributed by atoms with Crippen LogP contribution in [-0.4, -0.2) is 21.0 Å². The third-order valence-corrected chi connectivity index (χ3v) is 3.19. The van der Waals surface area contributed by atoms with Gasteiger partial charge in [-0.1, -0.05) is 11.8 Å². The molecule has 92 valence electrons. The van der Waals surface area contributed by atoms with Crippen LogP contribution in [0.2, 0.25) is 0 Å². The molecule has 18 heavy (non-hydrogen) atoms. The molecule has 0 aliphatic carbocycles. The topological polar surface area (TPSA) is 63.1 Å².